The van der Waals surface area contributed by atoms with E-state index in [-0.39, 0.29) is 6.54 Å². The Morgan fingerprint density at radius 1 is 1.19 bits per heavy atom. The minimum absolute atomic E-state index is 0.218. The molecule has 5 nitrogen and oxygen atoms in total. The molecule has 21 heavy (non-hydrogen) atoms. The van der Waals surface area contributed by atoms with Crippen LogP contribution in [0.1, 0.15) is 16.7 Å². The van der Waals surface area contributed by atoms with Crippen LogP contribution in [0.15, 0.2) is 36.5 Å². The van der Waals surface area contributed by atoms with Crippen LogP contribution in [-0.4, -0.2) is 19.7 Å². The lowest BCUT2D eigenvalue weighted by atomic mass is 10.1. The first kappa shape index (κ1) is 15.5. The van der Waals surface area contributed by atoms with Crippen LogP contribution in [0.2, 0.25) is 0 Å². The molecule has 0 amide bonds. The van der Waals surface area contributed by atoms with Crippen molar-refractivity contribution in [3.05, 3.63) is 53.2 Å². The average Bonchev–Trinajstić information content (AvgIpc) is 2.41. The molecular formula is C15H18N2O3S. The van der Waals surface area contributed by atoms with Gasteiger partial charge in [-0.15, -0.1) is 0 Å². The van der Waals surface area contributed by atoms with Gasteiger partial charge in [-0.05, 0) is 36.6 Å². The number of ether oxygens (including phenoxy) is 1. The van der Waals surface area contributed by atoms with Crippen molar-refractivity contribution in [2.45, 2.75) is 20.4 Å². The van der Waals surface area contributed by atoms with E-state index in [2.05, 4.69) is 9.71 Å². The van der Waals surface area contributed by atoms with Crippen LogP contribution in [0.4, 0.5) is 0 Å². The van der Waals surface area contributed by atoms with Gasteiger partial charge in [0.1, 0.15) is 5.75 Å². The van der Waals surface area contributed by atoms with E-state index in [0.29, 0.717) is 5.88 Å². The molecule has 0 unspecified atom stereocenters. The molecular weight excluding hydrogens is 288 g/mol. The topological polar surface area (TPSA) is 68.3 Å². The SMILES string of the molecule is Cc1ccc(C)c(Oc2ccc(CNS(C)(=O)=O)cn2)c1. The van der Waals surface area contributed by atoms with Gasteiger partial charge in [-0.25, -0.2) is 18.1 Å². The first-order valence-electron chi connectivity index (χ1n) is 6.48. The van der Waals surface area contributed by atoms with Crippen molar-refractivity contribution in [3.8, 4) is 11.6 Å². The van der Waals surface area contributed by atoms with Gasteiger partial charge in [-0.3, -0.25) is 0 Å². The number of sulfonamides is 1. The molecule has 1 N–H and O–H groups in total. The number of aromatic nitrogens is 1. The highest BCUT2D eigenvalue weighted by molar-refractivity contribution is 7.88. The van der Waals surface area contributed by atoms with E-state index >= 15 is 0 Å². The van der Waals surface area contributed by atoms with Crippen LogP contribution in [-0.2, 0) is 16.6 Å². The smallest absolute Gasteiger partial charge is 0.219 e. The largest absolute Gasteiger partial charge is 0.439 e. The van der Waals surface area contributed by atoms with Gasteiger partial charge in [0.25, 0.3) is 0 Å². The molecule has 1 heterocycles. The summed E-state index contributed by atoms with van der Waals surface area (Å²) < 4.78 is 30.2. The second-order valence-electron chi connectivity index (χ2n) is 4.97. The Morgan fingerprint density at radius 3 is 2.57 bits per heavy atom. The maximum atomic E-state index is 11.0. The van der Waals surface area contributed by atoms with Gasteiger partial charge < -0.3 is 4.74 Å². The fourth-order valence-corrected chi connectivity index (χ4v) is 2.15. The third-order valence-electron chi connectivity index (χ3n) is 2.89. The molecule has 0 atom stereocenters. The maximum absolute atomic E-state index is 11.0. The first-order chi connectivity index (χ1) is 9.83. The number of rotatable bonds is 5. The Morgan fingerprint density at radius 2 is 1.95 bits per heavy atom. The fraction of sp³-hybridized carbons (Fsp3) is 0.267. The monoisotopic (exact) mass is 306 g/mol. The second kappa shape index (κ2) is 6.24. The van der Waals surface area contributed by atoms with Crippen molar-refractivity contribution in [2.75, 3.05) is 6.26 Å². The molecule has 0 saturated heterocycles. The predicted molar refractivity (Wildman–Crippen MR) is 81.9 cm³/mol. The summed E-state index contributed by atoms with van der Waals surface area (Å²) in [6.07, 6.45) is 2.72. The normalized spacial score (nSPS) is 11.4. The highest BCUT2D eigenvalue weighted by atomic mass is 32.2. The first-order valence-corrected chi connectivity index (χ1v) is 8.37. The summed E-state index contributed by atoms with van der Waals surface area (Å²) in [6.45, 7) is 4.19. The fourth-order valence-electron chi connectivity index (χ4n) is 1.72. The number of benzene rings is 1. The average molecular weight is 306 g/mol. The van der Waals surface area contributed by atoms with Gasteiger partial charge in [0.05, 0.1) is 6.26 Å². The Kier molecular flexibility index (Phi) is 4.59. The molecule has 0 saturated carbocycles. The van der Waals surface area contributed by atoms with E-state index in [0.717, 1.165) is 28.7 Å². The Hall–Kier alpha value is -1.92. The van der Waals surface area contributed by atoms with Crippen LogP contribution in [0.5, 0.6) is 11.6 Å². The van der Waals surface area contributed by atoms with E-state index in [1.807, 2.05) is 32.0 Å². The summed E-state index contributed by atoms with van der Waals surface area (Å²) in [6, 6.07) is 9.48. The third kappa shape index (κ3) is 4.84. The highest BCUT2D eigenvalue weighted by Gasteiger charge is 2.05. The minimum Gasteiger partial charge on any atom is -0.439 e. The molecule has 0 aliphatic carbocycles. The quantitative estimate of drug-likeness (QED) is 0.921. The maximum Gasteiger partial charge on any atom is 0.219 e. The summed E-state index contributed by atoms with van der Waals surface area (Å²) >= 11 is 0. The Labute approximate surface area is 125 Å². The lowest BCUT2D eigenvalue weighted by Crippen LogP contribution is -2.21. The van der Waals surface area contributed by atoms with E-state index in [1.165, 1.54) is 0 Å². The number of hydrogen-bond donors (Lipinski definition) is 1. The number of aryl methyl sites for hydroxylation is 2. The van der Waals surface area contributed by atoms with Gasteiger partial charge in [0.15, 0.2) is 0 Å². The molecule has 2 rings (SSSR count). The van der Waals surface area contributed by atoms with E-state index in [1.54, 1.807) is 18.3 Å². The summed E-state index contributed by atoms with van der Waals surface area (Å²) in [5.74, 6) is 1.25. The Balaban J connectivity index is 2.07. The van der Waals surface area contributed by atoms with Gasteiger partial charge in [0, 0.05) is 18.8 Å². The lowest BCUT2D eigenvalue weighted by Gasteiger charge is -2.09. The van der Waals surface area contributed by atoms with Crippen LogP contribution in [0.25, 0.3) is 0 Å². The summed E-state index contributed by atoms with van der Waals surface area (Å²) in [5, 5.41) is 0. The zero-order valence-corrected chi connectivity index (χ0v) is 13.1. The van der Waals surface area contributed by atoms with Gasteiger partial charge in [-0.1, -0.05) is 18.2 Å². The van der Waals surface area contributed by atoms with E-state index in [9.17, 15) is 8.42 Å². The van der Waals surface area contributed by atoms with Crippen molar-refractivity contribution in [3.63, 3.8) is 0 Å². The summed E-state index contributed by atoms with van der Waals surface area (Å²) in [7, 11) is -3.20. The number of nitrogens with zero attached hydrogens (tertiary/aromatic N) is 1. The van der Waals surface area contributed by atoms with Crippen LogP contribution >= 0.6 is 0 Å². The molecule has 112 valence electrons. The number of hydrogen-bond acceptors (Lipinski definition) is 4. The molecule has 2 aromatic rings. The van der Waals surface area contributed by atoms with Crippen molar-refractivity contribution in [1.82, 2.24) is 9.71 Å². The third-order valence-corrected chi connectivity index (χ3v) is 3.56. The van der Waals surface area contributed by atoms with Gasteiger partial charge >= 0.3 is 0 Å². The molecule has 0 aliphatic heterocycles. The van der Waals surface area contributed by atoms with E-state index < -0.39 is 10.0 Å². The molecule has 6 heteroatoms. The minimum atomic E-state index is -3.20. The number of pyridine rings is 1. The van der Waals surface area contributed by atoms with Crippen LogP contribution in [0.3, 0.4) is 0 Å². The van der Waals surface area contributed by atoms with Crippen LogP contribution < -0.4 is 9.46 Å². The summed E-state index contributed by atoms with van der Waals surface area (Å²) in [4.78, 5) is 4.19. The highest BCUT2D eigenvalue weighted by Crippen LogP contribution is 2.24. The van der Waals surface area contributed by atoms with Crippen molar-refractivity contribution >= 4 is 10.0 Å². The van der Waals surface area contributed by atoms with Crippen LogP contribution in [0, 0.1) is 13.8 Å². The standard InChI is InChI=1S/C15H18N2O3S/c1-11-4-5-12(2)14(8-11)20-15-7-6-13(9-16-15)10-17-21(3,18)19/h4-9,17H,10H2,1-3H3. The summed E-state index contributed by atoms with van der Waals surface area (Å²) in [5.41, 5.74) is 2.92. The second-order valence-corrected chi connectivity index (χ2v) is 6.80. The molecule has 0 spiro atoms. The molecule has 1 aromatic heterocycles. The number of nitrogens with one attached hydrogen (secondary N) is 1. The molecule has 1 aromatic carbocycles. The molecule has 0 radical (unpaired) electrons. The van der Waals surface area contributed by atoms with Crippen molar-refractivity contribution in [2.24, 2.45) is 0 Å². The van der Waals surface area contributed by atoms with Gasteiger partial charge in [-0.2, -0.15) is 0 Å². The predicted octanol–water partition coefficient (Wildman–Crippen LogP) is 2.54. The molecule has 0 bridgehead atoms. The molecule has 0 aliphatic rings. The Bertz CT molecular complexity index is 725. The lowest BCUT2D eigenvalue weighted by molar-refractivity contribution is 0.458. The molecule has 0 fully saturated rings. The zero-order valence-electron chi connectivity index (χ0n) is 12.3. The zero-order chi connectivity index (χ0) is 15.5. The van der Waals surface area contributed by atoms with E-state index in [4.69, 9.17) is 4.74 Å². The van der Waals surface area contributed by atoms with Crippen molar-refractivity contribution in [1.29, 1.82) is 0 Å². The van der Waals surface area contributed by atoms with Gasteiger partial charge in [0.2, 0.25) is 15.9 Å². The van der Waals surface area contributed by atoms with Crippen molar-refractivity contribution < 1.29 is 13.2 Å².